The molecule has 2 bridgehead atoms. The van der Waals surface area contributed by atoms with Gasteiger partial charge in [-0.25, -0.2) is 18.7 Å². The largest absolute Gasteiger partial charge is 0.299 e. The Bertz CT molecular complexity index is 1270. The number of Topliss-reactive ketones (excluding diaryl/α,β-unsaturated/α-hetero) is 1. The summed E-state index contributed by atoms with van der Waals surface area (Å²) in [4.78, 5) is 26.3. The van der Waals surface area contributed by atoms with Crippen LogP contribution in [0.25, 0.3) is 5.57 Å². The number of carbonyl (C=O) groups is 1. The van der Waals surface area contributed by atoms with Crippen LogP contribution in [0.3, 0.4) is 0 Å². The molecule has 38 heavy (non-hydrogen) atoms. The van der Waals surface area contributed by atoms with Crippen molar-refractivity contribution in [3.8, 4) is 0 Å². The van der Waals surface area contributed by atoms with Gasteiger partial charge in [0, 0.05) is 29.9 Å². The number of benzene rings is 1. The van der Waals surface area contributed by atoms with Crippen LogP contribution in [-0.2, 0) is 11.2 Å². The van der Waals surface area contributed by atoms with E-state index in [1.807, 2.05) is 6.92 Å². The second-order valence-electron chi connectivity index (χ2n) is 11.4. The Hall–Kier alpha value is -3.02. The third-order valence-electron chi connectivity index (χ3n) is 8.39. The summed E-state index contributed by atoms with van der Waals surface area (Å²) in [7, 11) is 0. The molecule has 5 rings (SSSR count). The van der Waals surface area contributed by atoms with Crippen molar-refractivity contribution in [2.75, 3.05) is 0 Å². The maximum atomic E-state index is 13.9. The van der Waals surface area contributed by atoms with Crippen LogP contribution in [0.2, 0.25) is 0 Å². The van der Waals surface area contributed by atoms with E-state index in [1.54, 1.807) is 12.4 Å². The van der Waals surface area contributed by atoms with Crippen LogP contribution in [0.5, 0.6) is 0 Å². The number of fused-ring (bicyclic) bond motifs is 2. The zero-order valence-electron chi connectivity index (χ0n) is 22.3. The molecule has 1 aliphatic heterocycles. The number of hydrogen-bond donors (Lipinski definition) is 0. The Morgan fingerprint density at radius 2 is 1.79 bits per heavy atom. The molecule has 4 nitrogen and oxygen atoms in total. The van der Waals surface area contributed by atoms with Gasteiger partial charge >= 0.3 is 0 Å². The van der Waals surface area contributed by atoms with E-state index in [4.69, 9.17) is 4.99 Å². The number of aromatic nitrogens is 2. The van der Waals surface area contributed by atoms with Gasteiger partial charge in [0.1, 0.15) is 12.1 Å². The van der Waals surface area contributed by atoms with Crippen LogP contribution in [0.15, 0.2) is 53.3 Å². The van der Waals surface area contributed by atoms with Gasteiger partial charge in [0.15, 0.2) is 11.6 Å². The summed E-state index contributed by atoms with van der Waals surface area (Å²) in [6, 6.07) is 5.96. The second kappa shape index (κ2) is 12.2. The number of halogens is 2. The summed E-state index contributed by atoms with van der Waals surface area (Å²) in [6.45, 7) is 2.02. The maximum absolute atomic E-state index is 13.9. The van der Waals surface area contributed by atoms with Gasteiger partial charge in [-0.1, -0.05) is 44.2 Å². The van der Waals surface area contributed by atoms with E-state index in [1.165, 1.54) is 50.3 Å². The minimum absolute atomic E-state index is 0.0747. The Morgan fingerprint density at radius 3 is 2.63 bits per heavy atom. The van der Waals surface area contributed by atoms with E-state index < -0.39 is 11.6 Å². The second-order valence-corrected chi connectivity index (χ2v) is 11.4. The number of hydrogen-bond acceptors (Lipinski definition) is 4. The number of carbonyl (C=O) groups excluding carboxylic acids is 1. The molecule has 0 spiro atoms. The molecule has 0 amide bonds. The number of aliphatic imine (C=N–C) groups is 1. The molecule has 200 valence electrons. The Labute approximate surface area is 224 Å². The quantitative estimate of drug-likeness (QED) is 0.356. The van der Waals surface area contributed by atoms with Crippen molar-refractivity contribution in [3.05, 3.63) is 76.9 Å². The zero-order valence-corrected chi connectivity index (χ0v) is 22.3. The van der Waals surface area contributed by atoms with Gasteiger partial charge in [0.25, 0.3) is 0 Å². The van der Waals surface area contributed by atoms with Gasteiger partial charge in [-0.3, -0.25) is 9.79 Å². The highest BCUT2D eigenvalue weighted by Crippen LogP contribution is 2.35. The first kappa shape index (κ1) is 26.6. The molecular formula is C32H37F2N3O. The van der Waals surface area contributed by atoms with Crippen LogP contribution in [0.4, 0.5) is 8.78 Å². The van der Waals surface area contributed by atoms with E-state index in [0.29, 0.717) is 24.3 Å². The van der Waals surface area contributed by atoms with E-state index in [2.05, 4.69) is 28.2 Å². The van der Waals surface area contributed by atoms with Crippen LogP contribution in [-0.4, -0.2) is 27.5 Å². The first-order valence-corrected chi connectivity index (χ1v) is 14.1. The van der Waals surface area contributed by atoms with E-state index in [-0.39, 0.29) is 18.2 Å². The van der Waals surface area contributed by atoms with Crippen molar-refractivity contribution in [2.45, 2.75) is 90.0 Å². The summed E-state index contributed by atoms with van der Waals surface area (Å²) in [5.74, 6) is -0.180. The summed E-state index contributed by atoms with van der Waals surface area (Å²) in [6.07, 6.45) is 17.8. The SMILES string of the molecule is Cc1cc(CC2CCCC(CCCC3=NC4CC(=O)CC(c5ccc(F)c(F)c5)=C(C=C3)C4)CC2)ncn1. The molecule has 1 fully saturated rings. The molecule has 6 heteroatoms. The van der Waals surface area contributed by atoms with Crippen molar-refractivity contribution in [1.29, 1.82) is 0 Å². The van der Waals surface area contributed by atoms with Gasteiger partial charge in [0.05, 0.1) is 6.04 Å². The summed E-state index contributed by atoms with van der Waals surface area (Å²) in [5.41, 5.74) is 5.66. The molecule has 0 radical (unpaired) electrons. The van der Waals surface area contributed by atoms with Crippen molar-refractivity contribution >= 4 is 17.1 Å². The Morgan fingerprint density at radius 1 is 0.947 bits per heavy atom. The van der Waals surface area contributed by atoms with Crippen LogP contribution < -0.4 is 0 Å². The average molecular weight is 518 g/mol. The van der Waals surface area contributed by atoms with Crippen molar-refractivity contribution in [2.24, 2.45) is 16.8 Å². The molecule has 2 aromatic rings. The molecule has 2 heterocycles. The number of ketones is 1. The first-order chi connectivity index (χ1) is 18.4. The van der Waals surface area contributed by atoms with Crippen LogP contribution in [0.1, 0.15) is 87.6 Å². The smallest absolute Gasteiger partial charge is 0.159 e. The minimum atomic E-state index is -0.882. The normalized spacial score (nSPS) is 24.0. The average Bonchev–Trinajstić information content (AvgIpc) is 3.29. The first-order valence-electron chi connectivity index (χ1n) is 14.1. The summed E-state index contributed by atoms with van der Waals surface area (Å²) in [5, 5.41) is 0. The Balaban J connectivity index is 1.17. The molecule has 1 aromatic carbocycles. The lowest BCUT2D eigenvalue weighted by atomic mass is 9.91. The highest BCUT2D eigenvalue weighted by molar-refractivity contribution is 5.99. The molecule has 3 unspecified atom stereocenters. The maximum Gasteiger partial charge on any atom is 0.159 e. The predicted octanol–water partition coefficient (Wildman–Crippen LogP) is 7.56. The van der Waals surface area contributed by atoms with Gasteiger partial charge in [-0.2, -0.15) is 0 Å². The minimum Gasteiger partial charge on any atom is -0.299 e. The monoisotopic (exact) mass is 517 g/mol. The Kier molecular flexibility index (Phi) is 8.55. The summed E-state index contributed by atoms with van der Waals surface area (Å²) < 4.78 is 27.4. The third kappa shape index (κ3) is 6.89. The van der Waals surface area contributed by atoms with E-state index >= 15 is 0 Å². The molecule has 1 aromatic heterocycles. The molecule has 3 atom stereocenters. The lowest BCUT2D eigenvalue weighted by Gasteiger charge is -2.15. The number of allylic oxidation sites excluding steroid dienone is 3. The summed E-state index contributed by atoms with van der Waals surface area (Å²) >= 11 is 0. The predicted molar refractivity (Wildman–Crippen MR) is 147 cm³/mol. The van der Waals surface area contributed by atoms with Crippen molar-refractivity contribution < 1.29 is 13.6 Å². The fourth-order valence-corrected chi connectivity index (χ4v) is 6.39. The number of aryl methyl sites for hydroxylation is 1. The zero-order chi connectivity index (χ0) is 26.5. The van der Waals surface area contributed by atoms with Crippen molar-refractivity contribution in [3.63, 3.8) is 0 Å². The third-order valence-corrected chi connectivity index (χ3v) is 8.39. The molecule has 2 aliphatic carbocycles. The molecular weight excluding hydrogens is 480 g/mol. The fraction of sp³-hybridized carbons (Fsp3) is 0.500. The topological polar surface area (TPSA) is 55.2 Å². The highest BCUT2D eigenvalue weighted by Gasteiger charge is 2.26. The lowest BCUT2D eigenvalue weighted by molar-refractivity contribution is -0.118. The fourth-order valence-electron chi connectivity index (χ4n) is 6.39. The van der Waals surface area contributed by atoms with Gasteiger partial charge in [-0.15, -0.1) is 0 Å². The molecule has 3 aliphatic rings. The van der Waals surface area contributed by atoms with E-state index in [9.17, 15) is 13.6 Å². The standard InChI is InChI=1S/C32H37F2N3O/c1-21-14-27(36-20-35-21)15-23-6-2-4-22(8-9-23)5-3-7-26-12-10-24-16-28(37-26)18-29(38)19-30(24)25-11-13-31(33)32(34)17-25/h10-14,17,20,22-23,28H,2-9,15-16,18-19H2,1H3. The van der Waals surface area contributed by atoms with E-state index in [0.717, 1.165) is 53.8 Å². The van der Waals surface area contributed by atoms with Gasteiger partial charge < -0.3 is 0 Å². The lowest BCUT2D eigenvalue weighted by Crippen LogP contribution is -2.11. The molecule has 0 N–H and O–H groups in total. The number of nitrogens with zero attached hydrogens (tertiary/aromatic N) is 3. The molecule has 1 saturated carbocycles. The van der Waals surface area contributed by atoms with Crippen molar-refractivity contribution in [1.82, 2.24) is 9.97 Å². The highest BCUT2D eigenvalue weighted by atomic mass is 19.2. The van der Waals surface area contributed by atoms with Gasteiger partial charge in [0.2, 0.25) is 0 Å². The number of rotatable bonds is 7. The molecule has 0 saturated heterocycles. The van der Waals surface area contributed by atoms with Gasteiger partial charge in [-0.05, 0) is 91.8 Å². The van der Waals surface area contributed by atoms with Crippen LogP contribution >= 0.6 is 0 Å². The van der Waals surface area contributed by atoms with Crippen LogP contribution in [0, 0.1) is 30.4 Å².